The monoisotopic (exact) mass is 318 g/mol. The maximum Gasteiger partial charge on any atom is 0.256 e. The van der Waals surface area contributed by atoms with E-state index in [2.05, 4.69) is 11.4 Å². The molecule has 0 saturated carbocycles. The van der Waals surface area contributed by atoms with Crippen LogP contribution in [-0.4, -0.2) is 24.7 Å². The molecule has 0 fully saturated rings. The van der Waals surface area contributed by atoms with Gasteiger partial charge in [0.2, 0.25) is 0 Å². The topological polar surface area (TPSA) is 71.3 Å². The molecular weight excluding hydrogens is 292 g/mol. The second-order valence-corrected chi connectivity index (χ2v) is 5.80. The lowest BCUT2D eigenvalue weighted by Gasteiger charge is -2.26. The van der Waals surface area contributed by atoms with E-state index in [1.54, 1.807) is 25.1 Å². The van der Waals surface area contributed by atoms with Gasteiger partial charge in [-0.25, -0.2) is 0 Å². The molecule has 0 aliphatic carbocycles. The quantitative estimate of drug-likeness (QED) is 0.789. The van der Waals surface area contributed by atoms with Gasteiger partial charge in [-0.15, -0.1) is 0 Å². The highest BCUT2D eigenvalue weighted by atomic mass is 16.5. The summed E-state index contributed by atoms with van der Waals surface area (Å²) in [4.78, 5) is 12.5. The van der Waals surface area contributed by atoms with Crippen LogP contribution in [0.25, 0.3) is 0 Å². The molecule has 0 spiro atoms. The molecule has 1 N–H and O–H groups in total. The smallest absolute Gasteiger partial charge is 0.256 e. The van der Waals surface area contributed by atoms with Crippen molar-refractivity contribution in [2.75, 3.05) is 12.4 Å². The van der Waals surface area contributed by atoms with E-state index < -0.39 is 5.60 Å². The van der Waals surface area contributed by atoms with Gasteiger partial charge in [-0.3, -0.25) is 4.79 Å². The van der Waals surface area contributed by atoms with Crippen LogP contribution in [0.15, 0.2) is 18.2 Å². The second-order valence-electron chi connectivity index (χ2n) is 5.80. The predicted octanol–water partition coefficient (Wildman–Crippen LogP) is 3.88. The van der Waals surface area contributed by atoms with Gasteiger partial charge < -0.3 is 14.8 Å². The first kappa shape index (κ1) is 19.0. The minimum Gasteiger partial charge on any atom is -0.491 e. The number of amides is 1. The van der Waals surface area contributed by atoms with Crippen LogP contribution in [0.1, 0.15) is 52.5 Å². The number of ether oxygens (including phenoxy) is 2. The minimum atomic E-state index is -0.909. The van der Waals surface area contributed by atoms with Crippen molar-refractivity contribution in [2.24, 2.45) is 0 Å². The standard InChI is InChI=1S/C18H26N2O3/c1-6-10-18(4,22-5)17(21)20-16-9-8-15(11-14(16)12-19)23-13(3)7-2/h8-9,11,13H,6-7,10H2,1-5H3,(H,20,21)/t13-,18+/m1/s1. The fourth-order valence-electron chi connectivity index (χ4n) is 2.15. The Morgan fingerprint density at radius 1 is 1.43 bits per heavy atom. The lowest BCUT2D eigenvalue weighted by atomic mass is 9.99. The summed E-state index contributed by atoms with van der Waals surface area (Å²) in [6, 6.07) is 7.19. The Labute approximate surface area is 138 Å². The Hall–Kier alpha value is -2.06. The van der Waals surface area contributed by atoms with Crippen molar-refractivity contribution in [1.29, 1.82) is 5.26 Å². The van der Waals surface area contributed by atoms with Gasteiger partial charge >= 0.3 is 0 Å². The van der Waals surface area contributed by atoms with Crippen molar-refractivity contribution in [1.82, 2.24) is 0 Å². The third-order valence-electron chi connectivity index (χ3n) is 3.93. The van der Waals surface area contributed by atoms with Gasteiger partial charge in [-0.2, -0.15) is 5.26 Å². The molecule has 0 unspecified atom stereocenters. The Kier molecular flexibility index (Phi) is 7.05. The minimum absolute atomic E-state index is 0.0725. The number of carbonyl (C=O) groups excluding carboxylic acids is 1. The van der Waals surface area contributed by atoms with Crippen molar-refractivity contribution in [3.63, 3.8) is 0 Å². The van der Waals surface area contributed by atoms with Crippen LogP contribution in [-0.2, 0) is 9.53 Å². The lowest BCUT2D eigenvalue weighted by molar-refractivity contribution is -0.136. The molecule has 1 aromatic carbocycles. The van der Waals surface area contributed by atoms with Gasteiger partial charge in [-0.05, 0) is 38.8 Å². The van der Waals surface area contributed by atoms with Gasteiger partial charge in [0.1, 0.15) is 17.4 Å². The van der Waals surface area contributed by atoms with Crippen molar-refractivity contribution < 1.29 is 14.3 Å². The molecule has 0 bridgehead atoms. The van der Waals surface area contributed by atoms with Gasteiger partial charge in [0.15, 0.2) is 0 Å². The summed E-state index contributed by atoms with van der Waals surface area (Å²) < 4.78 is 11.1. The maximum absolute atomic E-state index is 12.5. The van der Waals surface area contributed by atoms with E-state index in [4.69, 9.17) is 9.47 Å². The number of carbonyl (C=O) groups is 1. The molecule has 5 heteroatoms. The molecule has 2 atom stereocenters. The number of hydrogen-bond donors (Lipinski definition) is 1. The molecule has 0 radical (unpaired) electrons. The zero-order valence-electron chi connectivity index (χ0n) is 14.6. The van der Waals surface area contributed by atoms with Crippen LogP contribution in [0.4, 0.5) is 5.69 Å². The van der Waals surface area contributed by atoms with Crippen molar-refractivity contribution in [2.45, 2.75) is 58.7 Å². The van der Waals surface area contributed by atoms with Crippen LogP contribution < -0.4 is 10.1 Å². The molecule has 23 heavy (non-hydrogen) atoms. The van der Waals surface area contributed by atoms with E-state index in [0.717, 1.165) is 12.8 Å². The van der Waals surface area contributed by atoms with E-state index in [1.165, 1.54) is 7.11 Å². The average molecular weight is 318 g/mol. The van der Waals surface area contributed by atoms with Crippen LogP contribution in [0.3, 0.4) is 0 Å². The summed E-state index contributed by atoms with van der Waals surface area (Å²) in [6.07, 6.45) is 2.38. The zero-order valence-corrected chi connectivity index (χ0v) is 14.6. The normalized spacial score (nSPS) is 14.4. The van der Waals surface area contributed by atoms with E-state index >= 15 is 0 Å². The molecule has 0 aliphatic heterocycles. The van der Waals surface area contributed by atoms with E-state index in [9.17, 15) is 10.1 Å². The van der Waals surface area contributed by atoms with Crippen LogP contribution >= 0.6 is 0 Å². The molecule has 126 valence electrons. The highest BCUT2D eigenvalue weighted by Gasteiger charge is 2.32. The fraction of sp³-hybridized carbons (Fsp3) is 0.556. The SMILES string of the molecule is CCC[C@](C)(OC)C(=O)Nc1ccc(O[C@H](C)CC)cc1C#N. The maximum atomic E-state index is 12.5. The third-order valence-corrected chi connectivity index (χ3v) is 3.93. The van der Waals surface area contributed by atoms with Crippen molar-refractivity contribution in [3.8, 4) is 11.8 Å². The first-order valence-corrected chi connectivity index (χ1v) is 7.97. The summed E-state index contributed by atoms with van der Waals surface area (Å²) in [5, 5.41) is 12.1. The summed E-state index contributed by atoms with van der Waals surface area (Å²) in [6.45, 7) is 7.74. The molecule has 1 amide bonds. The molecule has 0 aromatic heterocycles. The Morgan fingerprint density at radius 2 is 2.13 bits per heavy atom. The molecule has 1 rings (SSSR count). The molecule has 0 aliphatic rings. The number of nitrogens with one attached hydrogen (secondary N) is 1. The first-order chi connectivity index (χ1) is 10.9. The van der Waals surface area contributed by atoms with E-state index in [1.807, 2.05) is 20.8 Å². The third kappa shape index (κ3) is 4.97. The predicted molar refractivity (Wildman–Crippen MR) is 90.5 cm³/mol. The highest BCUT2D eigenvalue weighted by Crippen LogP contribution is 2.25. The molecular formula is C18H26N2O3. The Balaban J connectivity index is 2.97. The number of rotatable bonds is 8. The van der Waals surface area contributed by atoms with Gasteiger partial charge in [0, 0.05) is 13.2 Å². The second kappa shape index (κ2) is 8.54. The summed E-state index contributed by atoms with van der Waals surface area (Å²) in [5.74, 6) is 0.367. The van der Waals surface area contributed by atoms with Gasteiger partial charge in [0.05, 0.1) is 17.4 Å². The number of nitrogens with zero attached hydrogens (tertiary/aromatic N) is 1. The molecule has 0 saturated heterocycles. The summed E-state index contributed by atoms with van der Waals surface area (Å²) in [5.41, 5.74) is -0.0737. The van der Waals surface area contributed by atoms with Crippen molar-refractivity contribution in [3.05, 3.63) is 23.8 Å². The number of hydrogen-bond acceptors (Lipinski definition) is 4. The van der Waals surface area contributed by atoms with Gasteiger partial charge in [-0.1, -0.05) is 20.3 Å². The molecule has 5 nitrogen and oxygen atoms in total. The van der Waals surface area contributed by atoms with E-state index in [-0.39, 0.29) is 12.0 Å². The summed E-state index contributed by atoms with van der Waals surface area (Å²) in [7, 11) is 1.52. The van der Waals surface area contributed by atoms with Crippen LogP contribution in [0.2, 0.25) is 0 Å². The van der Waals surface area contributed by atoms with Gasteiger partial charge in [0.25, 0.3) is 5.91 Å². The zero-order chi connectivity index (χ0) is 17.5. The number of anilines is 1. The van der Waals surface area contributed by atoms with Crippen molar-refractivity contribution >= 4 is 11.6 Å². The lowest BCUT2D eigenvalue weighted by Crippen LogP contribution is -2.41. The highest BCUT2D eigenvalue weighted by molar-refractivity contribution is 5.98. The van der Waals surface area contributed by atoms with Crippen LogP contribution in [0.5, 0.6) is 5.75 Å². The van der Waals surface area contributed by atoms with Crippen LogP contribution in [0, 0.1) is 11.3 Å². The Bertz CT molecular complexity index is 580. The summed E-state index contributed by atoms with van der Waals surface area (Å²) >= 11 is 0. The fourth-order valence-corrected chi connectivity index (χ4v) is 2.15. The Morgan fingerprint density at radius 3 is 2.65 bits per heavy atom. The van der Waals surface area contributed by atoms with E-state index in [0.29, 0.717) is 23.4 Å². The largest absolute Gasteiger partial charge is 0.491 e. The average Bonchev–Trinajstić information content (AvgIpc) is 2.55. The molecule has 1 aromatic rings. The first-order valence-electron chi connectivity index (χ1n) is 7.97. The number of methoxy groups -OCH3 is 1. The molecule has 0 heterocycles. The number of nitriles is 1. The number of benzene rings is 1.